The first-order valence-corrected chi connectivity index (χ1v) is 11.3. The molecule has 27 heavy (non-hydrogen) atoms. The van der Waals surface area contributed by atoms with E-state index < -0.39 is 20.5 Å². The highest BCUT2D eigenvalue weighted by Gasteiger charge is 2.43. The SMILES string of the molecule is CC(C)Cc1[nH]c(C#CC2CCC2)cc1CCC(C)(C(=O)NO)S(C)(=O)=O. The van der Waals surface area contributed by atoms with E-state index in [4.69, 9.17) is 5.21 Å². The molecule has 1 atom stereocenters. The Balaban J connectivity index is 2.25. The number of sulfone groups is 1. The lowest BCUT2D eigenvalue weighted by Gasteiger charge is -2.25. The molecule has 0 radical (unpaired) electrons. The number of carbonyl (C=O) groups excluding carboxylic acids is 1. The van der Waals surface area contributed by atoms with Crippen LogP contribution in [0, 0.1) is 23.7 Å². The maximum atomic E-state index is 12.2. The number of hydrogen-bond donors (Lipinski definition) is 3. The minimum Gasteiger partial charge on any atom is -0.352 e. The van der Waals surface area contributed by atoms with Gasteiger partial charge in [0, 0.05) is 17.9 Å². The summed E-state index contributed by atoms with van der Waals surface area (Å²) in [6.07, 6.45) is 5.87. The van der Waals surface area contributed by atoms with Gasteiger partial charge in [-0.05, 0) is 62.5 Å². The summed E-state index contributed by atoms with van der Waals surface area (Å²) in [5, 5.41) is 8.97. The molecule has 1 aromatic heterocycles. The Hall–Kier alpha value is -1.78. The molecule has 1 aromatic rings. The van der Waals surface area contributed by atoms with Crippen LogP contribution in [0.25, 0.3) is 0 Å². The molecule has 1 heterocycles. The zero-order chi connectivity index (χ0) is 20.2. The minimum atomic E-state index is -3.70. The number of nitrogens with one attached hydrogen (secondary N) is 2. The summed E-state index contributed by atoms with van der Waals surface area (Å²) in [4.78, 5) is 15.4. The van der Waals surface area contributed by atoms with Crippen molar-refractivity contribution < 1.29 is 18.4 Å². The third kappa shape index (κ3) is 5.14. The van der Waals surface area contributed by atoms with E-state index in [1.165, 1.54) is 18.8 Å². The highest BCUT2D eigenvalue weighted by atomic mass is 32.2. The Morgan fingerprint density at radius 1 is 1.44 bits per heavy atom. The van der Waals surface area contributed by atoms with Gasteiger partial charge >= 0.3 is 0 Å². The molecule has 1 saturated carbocycles. The lowest BCUT2D eigenvalue weighted by atomic mass is 9.86. The summed E-state index contributed by atoms with van der Waals surface area (Å²) < 4.78 is 22.6. The molecule has 7 heteroatoms. The number of rotatable bonds is 7. The molecule has 1 amide bonds. The van der Waals surface area contributed by atoms with Crippen molar-refractivity contribution in [2.75, 3.05) is 6.26 Å². The van der Waals surface area contributed by atoms with Crippen molar-refractivity contribution in [3.8, 4) is 11.8 Å². The number of hydroxylamine groups is 1. The first-order chi connectivity index (χ1) is 12.6. The Kier molecular flexibility index (Phi) is 6.77. The van der Waals surface area contributed by atoms with Crippen molar-refractivity contribution in [2.24, 2.45) is 11.8 Å². The summed E-state index contributed by atoms with van der Waals surface area (Å²) in [5.74, 6) is 6.48. The second kappa shape index (κ2) is 8.49. The van der Waals surface area contributed by atoms with Gasteiger partial charge in [-0.2, -0.15) is 0 Å². The number of aromatic amines is 1. The first kappa shape index (κ1) is 21.5. The Bertz CT molecular complexity index is 841. The van der Waals surface area contributed by atoms with Gasteiger partial charge in [-0.3, -0.25) is 10.0 Å². The predicted octanol–water partition coefficient (Wildman–Crippen LogP) is 2.61. The fourth-order valence-corrected chi connectivity index (χ4v) is 3.97. The molecule has 1 aliphatic rings. The van der Waals surface area contributed by atoms with Crippen molar-refractivity contribution in [3.63, 3.8) is 0 Å². The fraction of sp³-hybridized carbons (Fsp3) is 0.650. The molecule has 0 saturated heterocycles. The van der Waals surface area contributed by atoms with Crippen LogP contribution in [0.5, 0.6) is 0 Å². The summed E-state index contributed by atoms with van der Waals surface area (Å²) >= 11 is 0. The minimum absolute atomic E-state index is 0.0800. The third-order valence-electron chi connectivity index (χ3n) is 5.39. The van der Waals surface area contributed by atoms with Crippen LogP contribution in [0.2, 0.25) is 0 Å². The van der Waals surface area contributed by atoms with Gasteiger partial charge in [-0.15, -0.1) is 0 Å². The average molecular weight is 395 g/mol. The van der Waals surface area contributed by atoms with Crippen molar-refractivity contribution in [2.45, 2.75) is 64.0 Å². The zero-order valence-electron chi connectivity index (χ0n) is 16.6. The highest BCUT2D eigenvalue weighted by Crippen LogP contribution is 2.27. The molecule has 3 N–H and O–H groups in total. The first-order valence-electron chi connectivity index (χ1n) is 9.43. The standard InChI is InChI=1S/C20H30N2O4S/c1-14(2)12-18-16(13-17(21-18)9-8-15-6-5-7-15)10-11-20(3,19(23)22-24)27(4,25)26/h13-15,21,24H,5-7,10-12H2,1-4H3,(H,22,23). The predicted molar refractivity (Wildman–Crippen MR) is 105 cm³/mol. The second-order valence-electron chi connectivity index (χ2n) is 8.13. The number of carbonyl (C=O) groups is 1. The summed E-state index contributed by atoms with van der Waals surface area (Å²) in [7, 11) is -3.70. The molecule has 6 nitrogen and oxygen atoms in total. The van der Waals surface area contributed by atoms with Gasteiger partial charge in [-0.25, -0.2) is 13.9 Å². The zero-order valence-corrected chi connectivity index (χ0v) is 17.4. The van der Waals surface area contributed by atoms with Crippen molar-refractivity contribution >= 4 is 15.7 Å². The monoisotopic (exact) mass is 394 g/mol. The fourth-order valence-electron chi connectivity index (χ4n) is 3.11. The van der Waals surface area contributed by atoms with Crippen LogP contribution in [-0.4, -0.2) is 35.5 Å². The van der Waals surface area contributed by atoms with E-state index in [1.807, 2.05) is 6.07 Å². The van der Waals surface area contributed by atoms with Crippen LogP contribution < -0.4 is 5.48 Å². The molecule has 1 aliphatic carbocycles. The quantitative estimate of drug-likeness (QED) is 0.376. The molecular weight excluding hydrogens is 364 g/mol. The van der Waals surface area contributed by atoms with E-state index in [0.717, 1.165) is 42.5 Å². The molecule has 2 rings (SSSR count). The van der Waals surface area contributed by atoms with Gasteiger partial charge < -0.3 is 4.98 Å². The van der Waals surface area contributed by atoms with E-state index >= 15 is 0 Å². The normalized spacial score (nSPS) is 17.0. The molecule has 0 spiro atoms. The third-order valence-corrected chi connectivity index (χ3v) is 7.42. The highest BCUT2D eigenvalue weighted by molar-refractivity contribution is 7.92. The van der Waals surface area contributed by atoms with Crippen LogP contribution in [0.1, 0.15) is 63.4 Å². The van der Waals surface area contributed by atoms with Gasteiger partial charge in [0.25, 0.3) is 5.91 Å². The van der Waals surface area contributed by atoms with Gasteiger partial charge in [0.1, 0.15) is 4.75 Å². The number of amides is 1. The second-order valence-corrected chi connectivity index (χ2v) is 10.6. The number of aromatic nitrogens is 1. The van der Waals surface area contributed by atoms with E-state index in [-0.39, 0.29) is 6.42 Å². The number of hydrogen-bond acceptors (Lipinski definition) is 4. The van der Waals surface area contributed by atoms with E-state index in [0.29, 0.717) is 18.3 Å². The lowest BCUT2D eigenvalue weighted by Crippen LogP contribution is -2.49. The smallest absolute Gasteiger partial charge is 0.264 e. The van der Waals surface area contributed by atoms with Crippen LogP contribution in [0.4, 0.5) is 0 Å². The summed E-state index contributed by atoms with van der Waals surface area (Å²) in [5.41, 5.74) is 4.34. The Morgan fingerprint density at radius 2 is 2.11 bits per heavy atom. The van der Waals surface area contributed by atoms with E-state index in [1.54, 1.807) is 0 Å². The largest absolute Gasteiger partial charge is 0.352 e. The molecule has 1 fully saturated rings. The van der Waals surface area contributed by atoms with Crippen molar-refractivity contribution in [1.82, 2.24) is 10.5 Å². The maximum Gasteiger partial charge on any atom is 0.264 e. The van der Waals surface area contributed by atoms with Crippen molar-refractivity contribution in [3.05, 3.63) is 23.0 Å². The van der Waals surface area contributed by atoms with Crippen LogP contribution >= 0.6 is 0 Å². The Labute approximate surface area is 162 Å². The van der Waals surface area contributed by atoms with Gasteiger partial charge in [0.05, 0.1) is 5.69 Å². The average Bonchev–Trinajstić information content (AvgIpc) is 2.90. The molecule has 0 bridgehead atoms. The van der Waals surface area contributed by atoms with E-state index in [9.17, 15) is 13.2 Å². The van der Waals surface area contributed by atoms with Gasteiger partial charge in [0.15, 0.2) is 9.84 Å². The maximum absolute atomic E-state index is 12.2. The van der Waals surface area contributed by atoms with Gasteiger partial charge in [0.2, 0.25) is 0 Å². The van der Waals surface area contributed by atoms with Crippen molar-refractivity contribution in [1.29, 1.82) is 0 Å². The van der Waals surface area contributed by atoms with Crippen LogP contribution in [-0.2, 0) is 27.5 Å². The molecule has 1 unspecified atom stereocenters. The number of H-pyrrole nitrogens is 1. The lowest BCUT2D eigenvalue weighted by molar-refractivity contribution is -0.131. The topological polar surface area (TPSA) is 99.3 Å². The molecular formula is C20H30N2O4S. The molecule has 0 aliphatic heterocycles. The number of aryl methyl sites for hydroxylation is 1. The van der Waals surface area contributed by atoms with Gasteiger partial charge in [-0.1, -0.05) is 26.2 Å². The van der Waals surface area contributed by atoms with E-state index in [2.05, 4.69) is 30.7 Å². The molecule has 0 aromatic carbocycles. The molecule has 150 valence electrons. The summed E-state index contributed by atoms with van der Waals surface area (Å²) in [6, 6.07) is 1.96. The van der Waals surface area contributed by atoms with Crippen LogP contribution in [0.3, 0.4) is 0 Å². The summed E-state index contributed by atoms with van der Waals surface area (Å²) in [6.45, 7) is 5.58. The Morgan fingerprint density at radius 3 is 2.59 bits per heavy atom. The van der Waals surface area contributed by atoms with Crippen LogP contribution in [0.15, 0.2) is 6.07 Å².